The Hall–Kier alpha value is -1.01. The van der Waals surface area contributed by atoms with Gasteiger partial charge in [0.25, 0.3) is 0 Å². The lowest BCUT2D eigenvalue weighted by Crippen LogP contribution is -2.44. The number of carbonyl (C=O) groups excluding carboxylic acids is 1. The predicted molar refractivity (Wildman–Crippen MR) is 76.1 cm³/mol. The van der Waals surface area contributed by atoms with E-state index in [4.69, 9.17) is 9.63 Å². The first-order valence-electron chi connectivity index (χ1n) is 6.27. The van der Waals surface area contributed by atoms with Crippen LogP contribution in [0.4, 0.5) is 0 Å². The second-order valence-corrected chi connectivity index (χ2v) is 6.19. The molecule has 0 aromatic carbocycles. The summed E-state index contributed by atoms with van der Waals surface area (Å²) < 4.78 is 5.07. The summed E-state index contributed by atoms with van der Waals surface area (Å²) in [5, 5.41) is 15.7. The topological polar surface area (TPSA) is 75.4 Å². The molecule has 2 N–H and O–H groups in total. The standard InChI is InChI=1S/C13H22N2O3S/c1-9-11(10(2)18-15-9)7-19-8-12(17)14-13(3,4)5-6-16/h16H,5-8H2,1-4H3,(H,14,17). The fraction of sp³-hybridized carbons (Fsp3) is 0.692. The van der Waals surface area contributed by atoms with Gasteiger partial charge in [-0.25, -0.2) is 0 Å². The highest BCUT2D eigenvalue weighted by atomic mass is 32.2. The van der Waals surface area contributed by atoms with Crippen molar-refractivity contribution in [2.24, 2.45) is 0 Å². The van der Waals surface area contributed by atoms with E-state index in [0.29, 0.717) is 12.2 Å². The van der Waals surface area contributed by atoms with Crippen LogP contribution < -0.4 is 5.32 Å². The number of aliphatic hydroxyl groups excluding tert-OH is 1. The molecule has 0 atom stereocenters. The maximum atomic E-state index is 11.8. The summed E-state index contributed by atoms with van der Waals surface area (Å²) in [5.41, 5.74) is 1.58. The normalized spacial score (nSPS) is 11.6. The molecule has 0 aliphatic heterocycles. The first kappa shape index (κ1) is 16.0. The zero-order chi connectivity index (χ0) is 14.5. The summed E-state index contributed by atoms with van der Waals surface area (Å²) in [6, 6.07) is 0. The monoisotopic (exact) mass is 286 g/mol. The Bertz CT molecular complexity index is 410. The molecule has 1 amide bonds. The maximum absolute atomic E-state index is 11.8. The fourth-order valence-corrected chi connectivity index (χ4v) is 2.69. The molecule has 0 aliphatic carbocycles. The molecule has 0 unspecified atom stereocenters. The summed E-state index contributed by atoms with van der Waals surface area (Å²) >= 11 is 1.53. The minimum absolute atomic E-state index is 0.0183. The number of nitrogens with one attached hydrogen (secondary N) is 1. The van der Waals surface area contributed by atoms with E-state index in [-0.39, 0.29) is 18.1 Å². The molecule has 0 bridgehead atoms. The lowest BCUT2D eigenvalue weighted by Gasteiger charge is -2.25. The van der Waals surface area contributed by atoms with E-state index in [9.17, 15) is 4.79 Å². The third kappa shape index (κ3) is 5.24. The number of hydrogen-bond acceptors (Lipinski definition) is 5. The Morgan fingerprint density at radius 1 is 1.47 bits per heavy atom. The van der Waals surface area contributed by atoms with Gasteiger partial charge in [0.05, 0.1) is 11.4 Å². The minimum atomic E-state index is -0.366. The molecular weight excluding hydrogens is 264 g/mol. The average Bonchev–Trinajstić information content (AvgIpc) is 2.59. The molecule has 0 aliphatic rings. The Kier molecular flexibility index (Phi) is 5.87. The van der Waals surface area contributed by atoms with Crippen LogP contribution >= 0.6 is 11.8 Å². The van der Waals surface area contributed by atoms with Crippen LogP contribution in [-0.4, -0.2) is 34.1 Å². The fourth-order valence-electron chi connectivity index (χ4n) is 1.71. The molecule has 0 fully saturated rings. The van der Waals surface area contributed by atoms with Gasteiger partial charge >= 0.3 is 0 Å². The molecule has 0 saturated carbocycles. The van der Waals surface area contributed by atoms with E-state index in [1.54, 1.807) is 0 Å². The number of rotatable bonds is 7. The summed E-state index contributed by atoms with van der Waals surface area (Å²) in [6.07, 6.45) is 0.549. The zero-order valence-corrected chi connectivity index (χ0v) is 12.8. The predicted octanol–water partition coefficient (Wildman–Crippen LogP) is 1.80. The second kappa shape index (κ2) is 6.96. The van der Waals surface area contributed by atoms with Crippen LogP contribution in [-0.2, 0) is 10.5 Å². The van der Waals surface area contributed by atoms with Crippen LogP contribution in [0.25, 0.3) is 0 Å². The van der Waals surface area contributed by atoms with Crippen LogP contribution in [0.1, 0.15) is 37.3 Å². The molecule has 1 heterocycles. The molecule has 1 aromatic rings. The molecule has 19 heavy (non-hydrogen) atoms. The molecule has 108 valence electrons. The maximum Gasteiger partial charge on any atom is 0.230 e. The number of thioether (sulfide) groups is 1. The third-order valence-electron chi connectivity index (χ3n) is 2.88. The van der Waals surface area contributed by atoms with Crippen molar-refractivity contribution in [2.75, 3.05) is 12.4 Å². The van der Waals surface area contributed by atoms with Gasteiger partial charge in [0.2, 0.25) is 5.91 Å². The molecule has 5 nitrogen and oxygen atoms in total. The number of hydrogen-bond donors (Lipinski definition) is 2. The van der Waals surface area contributed by atoms with Crippen LogP contribution in [0.2, 0.25) is 0 Å². The molecule has 1 aromatic heterocycles. The smallest absolute Gasteiger partial charge is 0.230 e. The number of amides is 1. The Morgan fingerprint density at radius 2 is 2.16 bits per heavy atom. The Balaban J connectivity index is 2.35. The van der Waals surface area contributed by atoms with Gasteiger partial charge in [-0.15, -0.1) is 11.8 Å². The van der Waals surface area contributed by atoms with Gasteiger partial charge in [-0.1, -0.05) is 5.16 Å². The van der Waals surface area contributed by atoms with Crippen molar-refractivity contribution >= 4 is 17.7 Å². The molecular formula is C13H22N2O3S. The van der Waals surface area contributed by atoms with Crippen molar-refractivity contribution < 1.29 is 14.4 Å². The molecule has 0 spiro atoms. The second-order valence-electron chi connectivity index (χ2n) is 5.20. The summed E-state index contributed by atoms with van der Waals surface area (Å²) in [6.45, 7) is 7.65. The van der Waals surface area contributed by atoms with Gasteiger partial charge in [-0.2, -0.15) is 0 Å². The number of aryl methyl sites for hydroxylation is 2. The van der Waals surface area contributed by atoms with Crippen molar-refractivity contribution in [3.63, 3.8) is 0 Å². The van der Waals surface area contributed by atoms with E-state index in [2.05, 4.69) is 10.5 Å². The van der Waals surface area contributed by atoms with Gasteiger partial charge in [0.15, 0.2) is 0 Å². The zero-order valence-electron chi connectivity index (χ0n) is 11.9. The highest BCUT2D eigenvalue weighted by Crippen LogP contribution is 2.19. The van der Waals surface area contributed by atoms with E-state index in [1.165, 1.54) is 11.8 Å². The van der Waals surface area contributed by atoms with Gasteiger partial charge in [0, 0.05) is 23.5 Å². The highest BCUT2D eigenvalue weighted by molar-refractivity contribution is 7.99. The van der Waals surface area contributed by atoms with Gasteiger partial charge in [-0.3, -0.25) is 4.79 Å². The van der Waals surface area contributed by atoms with E-state index in [0.717, 1.165) is 22.8 Å². The van der Waals surface area contributed by atoms with Crippen LogP contribution in [0.5, 0.6) is 0 Å². The van der Waals surface area contributed by atoms with Crippen LogP contribution in [0.3, 0.4) is 0 Å². The van der Waals surface area contributed by atoms with E-state index < -0.39 is 0 Å². The van der Waals surface area contributed by atoms with Crippen LogP contribution in [0.15, 0.2) is 4.52 Å². The van der Waals surface area contributed by atoms with Crippen molar-refractivity contribution in [3.05, 3.63) is 17.0 Å². The summed E-state index contributed by atoms with van der Waals surface area (Å²) in [4.78, 5) is 11.8. The van der Waals surface area contributed by atoms with E-state index in [1.807, 2.05) is 27.7 Å². The minimum Gasteiger partial charge on any atom is -0.396 e. The SMILES string of the molecule is Cc1noc(C)c1CSCC(=O)NC(C)(C)CCO. The van der Waals surface area contributed by atoms with Crippen molar-refractivity contribution in [3.8, 4) is 0 Å². The average molecular weight is 286 g/mol. The third-order valence-corrected chi connectivity index (χ3v) is 3.83. The number of aliphatic hydroxyl groups is 1. The molecule has 0 saturated heterocycles. The van der Waals surface area contributed by atoms with Crippen molar-refractivity contribution in [1.82, 2.24) is 10.5 Å². The van der Waals surface area contributed by atoms with E-state index >= 15 is 0 Å². The summed E-state index contributed by atoms with van der Waals surface area (Å²) in [5.74, 6) is 1.90. The number of aromatic nitrogens is 1. The Labute approximate surface area is 118 Å². The van der Waals surface area contributed by atoms with Gasteiger partial charge in [0.1, 0.15) is 5.76 Å². The van der Waals surface area contributed by atoms with Gasteiger partial charge < -0.3 is 14.9 Å². The van der Waals surface area contributed by atoms with Crippen molar-refractivity contribution in [1.29, 1.82) is 0 Å². The quantitative estimate of drug-likeness (QED) is 0.799. The first-order valence-corrected chi connectivity index (χ1v) is 7.42. The molecule has 6 heteroatoms. The molecule has 0 radical (unpaired) electrons. The largest absolute Gasteiger partial charge is 0.396 e. The summed E-state index contributed by atoms with van der Waals surface area (Å²) in [7, 11) is 0. The molecule has 1 rings (SSSR count). The number of nitrogens with zero attached hydrogens (tertiary/aromatic N) is 1. The number of carbonyl (C=O) groups is 1. The lowest BCUT2D eigenvalue weighted by atomic mass is 10.0. The van der Waals surface area contributed by atoms with Crippen LogP contribution in [0, 0.1) is 13.8 Å². The lowest BCUT2D eigenvalue weighted by molar-refractivity contribution is -0.120. The highest BCUT2D eigenvalue weighted by Gasteiger charge is 2.19. The van der Waals surface area contributed by atoms with Gasteiger partial charge in [-0.05, 0) is 34.1 Å². The van der Waals surface area contributed by atoms with Crippen molar-refractivity contribution in [2.45, 2.75) is 45.4 Å². The Morgan fingerprint density at radius 3 is 2.68 bits per heavy atom. The first-order chi connectivity index (χ1) is 8.85.